The minimum absolute atomic E-state index is 0.122. The molecule has 0 atom stereocenters. The molecule has 3 N–H and O–H groups in total. The molecule has 2 aromatic carbocycles. The third-order valence-electron chi connectivity index (χ3n) is 3.43. The molecule has 0 radical (unpaired) electrons. The van der Waals surface area contributed by atoms with Crippen molar-refractivity contribution >= 4 is 11.6 Å². The normalized spacial score (nSPS) is 10.4. The van der Waals surface area contributed by atoms with Crippen molar-refractivity contribution in [2.45, 2.75) is 13.3 Å². The minimum atomic E-state index is -0.122. The van der Waals surface area contributed by atoms with Gasteiger partial charge in [-0.2, -0.15) is 0 Å². The van der Waals surface area contributed by atoms with Crippen molar-refractivity contribution < 1.29 is 9.90 Å². The molecular weight excluding hydrogens is 264 g/mol. The van der Waals surface area contributed by atoms with E-state index in [0.717, 1.165) is 12.1 Å². The average Bonchev–Trinajstić information content (AvgIpc) is 2.51. The fraction of sp³-hybridized carbons (Fsp3) is 0.235. The van der Waals surface area contributed by atoms with Crippen LogP contribution >= 0.6 is 0 Å². The van der Waals surface area contributed by atoms with Gasteiger partial charge in [0, 0.05) is 23.4 Å². The topological polar surface area (TPSA) is 66.6 Å². The summed E-state index contributed by atoms with van der Waals surface area (Å²) in [4.78, 5) is 14.5. The number of para-hydroxylation sites is 1. The fourth-order valence-corrected chi connectivity index (χ4v) is 2.21. The van der Waals surface area contributed by atoms with Crippen LogP contribution in [0.25, 0.3) is 0 Å². The number of hydrogen-bond acceptors (Lipinski definition) is 3. The van der Waals surface area contributed by atoms with Crippen LogP contribution in [0.5, 0.6) is 5.75 Å². The van der Waals surface area contributed by atoms with Gasteiger partial charge in [-0.1, -0.05) is 24.3 Å². The first-order valence-corrected chi connectivity index (χ1v) is 7.00. The number of carbonyl (C=O) groups is 1. The summed E-state index contributed by atoms with van der Waals surface area (Å²) in [5, 5.41) is 9.79. The summed E-state index contributed by atoms with van der Waals surface area (Å²) in [6.07, 6.45) is 0.721. The Morgan fingerprint density at radius 3 is 2.52 bits per heavy atom. The van der Waals surface area contributed by atoms with Crippen molar-refractivity contribution in [1.29, 1.82) is 0 Å². The number of amides is 1. The third-order valence-corrected chi connectivity index (χ3v) is 3.43. The van der Waals surface area contributed by atoms with Crippen LogP contribution in [0.1, 0.15) is 22.3 Å². The van der Waals surface area contributed by atoms with Crippen LogP contribution in [0.15, 0.2) is 48.5 Å². The fourth-order valence-electron chi connectivity index (χ4n) is 2.21. The second-order valence-electron chi connectivity index (χ2n) is 4.88. The summed E-state index contributed by atoms with van der Waals surface area (Å²) in [5.74, 6) is 0.00994. The Kier molecular flexibility index (Phi) is 4.95. The first kappa shape index (κ1) is 15.1. The monoisotopic (exact) mass is 284 g/mol. The number of hydrogen-bond donors (Lipinski definition) is 2. The molecule has 2 aromatic rings. The first-order chi connectivity index (χ1) is 10.1. The van der Waals surface area contributed by atoms with Crippen molar-refractivity contribution in [2.75, 3.05) is 18.0 Å². The Morgan fingerprint density at radius 1 is 1.14 bits per heavy atom. The van der Waals surface area contributed by atoms with Crippen LogP contribution < -0.4 is 10.6 Å². The molecule has 0 aliphatic rings. The highest BCUT2D eigenvalue weighted by Crippen LogP contribution is 2.23. The smallest absolute Gasteiger partial charge is 0.258 e. The number of nitrogens with zero attached hydrogens (tertiary/aromatic N) is 1. The Morgan fingerprint density at radius 2 is 1.86 bits per heavy atom. The molecule has 0 saturated carbocycles. The van der Waals surface area contributed by atoms with E-state index in [-0.39, 0.29) is 11.7 Å². The van der Waals surface area contributed by atoms with Crippen molar-refractivity contribution in [3.63, 3.8) is 0 Å². The van der Waals surface area contributed by atoms with Gasteiger partial charge in [-0.3, -0.25) is 4.79 Å². The molecule has 0 fully saturated rings. The lowest BCUT2D eigenvalue weighted by Gasteiger charge is -2.23. The van der Waals surface area contributed by atoms with Gasteiger partial charge in [0.05, 0.1) is 0 Å². The van der Waals surface area contributed by atoms with Crippen LogP contribution in [0.4, 0.5) is 5.69 Å². The molecule has 0 saturated heterocycles. The van der Waals surface area contributed by atoms with Crippen LogP contribution in [0.3, 0.4) is 0 Å². The zero-order chi connectivity index (χ0) is 15.2. The van der Waals surface area contributed by atoms with Crippen LogP contribution in [-0.2, 0) is 0 Å². The van der Waals surface area contributed by atoms with Gasteiger partial charge in [0.25, 0.3) is 5.91 Å². The molecule has 110 valence electrons. The molecule has 4 nitrogen and oxygen atoms in total. The van der Waals surface area contributed by atoms with Gasteiger partial charge in [-0.25, -0.2) is 0 Å². The Labute approximate surface area is 124 Å². The predicted octanol–water partition coefficient (Wildman–Crippen LogP) is 2.70. The summed E-state index contributed by atoms with van der Waals surface area (Å²) in [7, 11) is 0. The summed E-state index contributed by atoms with van der Waals surface area (Å²) in [6.45, 7) is 2.82. The lowest BCUT2D eigenvalue weighted by atomic mass is 10.1. The first-order valence-electron chi connectivity index (χ1n) is 7.00. The van der Waals surface area contributed by atoms with Gasteiger partial charge >= 0.3 is 0 Å². The maximum absolute atomic E-state index is 12.8. The number of rotatable bonds is 5. The highest BCUT2D eigenvalue weighted by Gasteiger charge is 2.19. The van der Waals surface area contributed by atoms with Gasteiger partial charge in [0.15, 0.2) is 0 Å². The summed E-state index contributed by atoms with van der Waals surface area (Å²) < 4.78 is 0. The Balaban J connectivity index is 2.36. The van der Waals surface area contributed by atoms with E-state index >= 15 is 0 Å². The van der Waals surface area contributed by atoms with E-state index < -0.39 is 0 Å². The second-order valence-corrected chi connectivity index (χ2v) is 4.88. The van der Waals surface area contributed by atoms with Gasteiger partial charge in [0.2, 0.25) is 0 Å². The molecule has 21 heavy (non-hydrogen) atoms. The highest BCUT2D eigenvalue weighted by molar-refractivity contribution is 6.07. The molecule has 0 bridgehead atoms. The Bertz CT molecular complexity index is 611. The van der Waals surface area contributed by atoms with E-state index in [0.29, 0.717) is 24.2 Å². The van der Waals surface area contributed by atoms with Crippen LogP contribution in [0, 0.1) is 6.92 Å². The van der Waals surface area contributed by atoms with Crippen LogP contribution in [-0.4, -0.2) is 24.1 Å². The number of benzene rings is 2. The van der Waals surface area contributed by atoms with Crippen molar-refractivity contribution in [1.82, 2.24) is 0 Å². The summed E-state index contributed by atoms with van der Waals surface area (Å²) in [6, 6.07) is 14.5. The average molecular weight is 284 g/mol. The van der Waals surface area contributed by atoms with Gasteiger partial charge in [-0.15, -0.1) is 0 Å². The summed E-state index contributed by atoms with van der Waals surface area (Å²) in [5.41, 5.74) is 7.51. The van der Waals surface area contributed by atoms with Gasteiger partial charge in [0.1, 0.15) is 5.75 Å². The van der Waals surface area contributed by atoms with Gasteiger partial charge < -0.3 is 15.7 Å². The zero-order valence-electron chi connectivity index (χ0n) is 12.1. The SMILES string of the molecule is Cc1c(O)cccc1C(=O)N(CCCN)c1ccccc1. The lowest BCUT2D eigenvalue weighted by Crippen LogP contribution is -2.33. The Hall–Kier alpha value is -2.33. The number of anilines is 1. The maximum atomic E-state index is 12.8. The molecule has 0 heterocycles. The number of phenolic OH excluding ortho intramolecular Hbond substituents is 1. The van der Waals surface area contributed by atoms with Gasteiger partial charge in [-0.05, 0) is 44.2 Å². The molecule has 1 amide bonds. The highest BCUT2D eigenvalue weighted by atomic mass is 16.3. The van der Waals surface area contributed by atoms with Crippen molar-refractivity contribution in [3.05, 3.63) is 59.7 Å². The molecule has 0 aromatic heterocycles. The molecule has 0 aliphatic heterocycles. The quantitative estimate of drug-likeness (QED) is 0.887. The molecule has 0 spiro atoms. The molecule has 0 aliphatic carbocycles. The molecule has 4 heteroatoms. The number of aromatic hydroxyl groups is 1. The summed E-state index contributed by atoms with van der Waals surface area (Å²) >= 11 is 0. The lowest BCUT2D eigenvalue weighted by molar-refractivity contribution is 0.0986. The van der Waals surface area contributed by atoms with Crippen molar-refractivity contribution in [2.24, 2.45) is 5.73 Å². The number of phenols is 1. The minimum Gasteiger partial charge on any atom is -0.508 e. The van der Waals surface area contributed by atoms with E-state index in [4.69, 9.17) is 5.73 Å². The second kappa shape index (κ2) is 6.90. The molecular formula is C17H20N2O2. The molecule has 2 rings (SSSR count). The van der Waals surface area contributed by atoms with Crippen molar-refractivity contribution in [3.8, 4) is 5.75 Å². The third kappa shape index (κ3) is 3.41. The largest absolute Gasteiger partial charge is 0.508 e. The van der Waals surface area contributed by atoms with E-state index in [1.165, 1.54) is 0 Å². The standard InChI is InChI=1S/C17H20N2O2/c1-13-15(9-5-10-16(13)20)17(21)19(12-6-11-18)14-7-3-2-4-8-14/h2-5,7-10,20H,6,11-12,18H2,1H3. The number of nitrogens with two attached hydrogens (primary N) is 1. The van der Waals surface area contributed by atoms with Crippen LogP contribution in [0.2, 0.25) is 0 Å². The van der Waals surface area contributed by atoms with E-state index in [2.05, 4.69) is 0 Å². The molecule has 0 unspecified atom stereocenters. The zero-order valence-corrected chi connectivity index (χ0v) is 12.1. The number of carbonyl (C=O) groups excluding carboxylic acids is 1. The predicted molar refractivity (Wildman–Crippen MR) is 84.6 cm³/mol. The van der Waals surface area contributed by atoms with E-state index in [1.807, 2.05) is 30.3 Å². The van der Waals surface area contributed by atoms with E-state index in [9.17, 15) is 9.90 Å². The van der Waals surface area contributed by atoms with E-state index in [1.54, 1.807) is 30.0 Å². The maximum Gasteiger partial charge on any atom is 0.258 e.